The number of alkyl halides is 1. The summed E-state index contributed by atoms with van der Waals surface area (Å²) in [6.45, 7) is 2.93. The Labute approximate surface area is 122 Å². The molecule has 1 saturated heterocycles. The number of piperidine rings is 1. The van der Waals surface area contributed by atoms with E-state index in [1.54, 1.807) is 11.3 Å². The van der Waals surface area contributed by atoms with Gasteiger partial charge in [-0.3, -0.25) is 9.69 Å². The number of rotatable bonds is 4. The Morgan fingerprint density at radius 2 is 2.28 bits per heavy atom. The molecule has 0 atom stereocenters. The van der Waals surface area contributed by atoms with Gasteiger partial charge in [-0.05, 0) is 12.8 Å². The molecule has 0 aromatic carbocycles. The van der Waals surface area contributed by atoms with E-state index in [4.69, 9.17) is 11.6 Å². The van der Waals surface area contributed by atoms with Gasteiger partial charge in [0.05, 0.1) is 11.2 Å². The third-order valence-electron chi connectivity index (χ3n) is 2.94. The van der Waals surface area contributed by atoms with Gasteiger partial charge in [-0.25, -0.2) is 4.98 Å². The van der Waals surface area contributed by atoms with Crippen molar-refractivity contribution in [1.29, 1.82) is 0 Å². The van der Waals surface area contributed by atoms with Crippen molar-refractivity contribution in [3.05, 3.63) is 16.6 Å². The molecule has 0 aliphatic carbocycles. The Hall–Kier alpha value is -0.360. The number of nitrogens with one attached hydrogen (secondary N) is 1. The van der Waals surface area contributed by atoms with Crippen LogP contribution in [-0.4, -0.2) is 40.8 Å². The van der Waals surface area contributed by atoms with Gasteiger partial charge in [0.1, 0.15) is 5.88 Å². The zero-order valence-corrected chi connectivity index (χ0v) is 12.4. The van der Waals surface area contributed by atoms with Crippen LogP contribution in [0.25, 0.3) is 0 Å². The molecule has 1 N–H and O–H groups in total. The van der Waals surface area contributed by atoms with E-state index in [-0.39, 0.29) is 30.2 Å². The molecular weight excluding hydrogens is 293 g/mol. The predicted octanol–water partition coefficient (Wildman–Crippen LogP) is 1.88. The van der Waals surface area contributed by atoms with E-state index in [0.29, 0.717) is 0 Å². The van der Waals surface area contributed by atoms with Crippen molar-refractivity contribution in [3.8, 4) is 0 Å². The van der Waals surface area contributed by atoms with Crippen molar-refractivity contribution in [1.82, 2.24) is 15.2 Å². The smallest absolute Gasteiger partial charge is 0.235 e. The lowest BCUT2D eigenvalue weighted by Crippen LogP contribution is -2.44. The molecule has 1 fully saturated rings. The third kappa shape index (κ3) is 4.72. The van der Waals surface area contributed by atoms with Crippen molar-refractivity contribution >= 4 is 41.3 Å². The predicted molar refractivity (Wildman–Crippen MR) is 76.5 cm³/mol. The second kappa shape index (κ2) is 7.94. The quantitative estimate of drug-likeness (QED) is 0.864. The Kier molecular flexibility index (Phi) is 6.92. The molecule has 7 heteroatoms. The first-order valence-electron chi connectivity index (χ1n) is 5.72. The van der Waals surface area contributed by atoms with Crippen LogP contribution in [0.4, 0.5) is 0 Å². The second-order valence-electron chi connectivity index (χ2n) is 4.23. The maximum absolute atomic E-state index is 11.2. The van der Waals surface area contributed by atoms with Crippen LogP contribution in [0.1, 0.15) is 18.5 Å². The van der Waals surface area contributed by atoms with Gasteiger partial charge in [-0.1, -0.05) is 0 Å². The number of hydrogen-bond acceptors (Lipinski definition) is 4. The second-order valence-corrected chi connectivity index (χ2v) is 5.22. The number of thiazole rings is 1. The molecule has 0 spiro atoms. The number of halogens is 2. The fraction of sp³-hybridized carbons (Fsp3) is 0.636. The summed E-state index contributed by atoms with van der Waals surface area (Å²) in [4.78, 5) is 17.8. The van der Waals surface area contributed by atoms with Gasteiger partial charge in [-0.15, -0.1) is 35.3 Å². The van der Waals surface area contributed by atoms with Crippen LogP contribution in [0.5, 0.6) is 0 Å². The summed E-state index contributed by atoms with van der Waals surface area (Å²) in [5, 5.41) is 5.02. The average Bonchev–Trinajstić information content (AvgIpc) is 2.84. The van der Waals surface area contributed by atoms with E-state index in [2.05, 4.69) is 20.6 Å². The lowest BCUT2D eigenvalue weighted by atomic mass is 10.0. The molecule has 102 valence electrons. The third-order valence-corrected chi connectivity index (χ3v) is 3.82. The average molecular weight is 310 g/mol. The van der Waals surface area contributed by atoms with E-state index in [0.717, 1.165) is 38.2 Å². The number of aromatic nitrogens is 1. The van der Waals surface area contributed by atoms with Gasteiger partial charge in [0.25, 0.3) is 0 Å². The number of carbonyl (C=O) groups excluding carboxylic acids is 1. The number of nitrogens with zero attached hydrogens (tertiary/aromatic N) is 2. The minimum Gasteiger partial charge on any atom is -0.352 e. The van der Waals surface area contributed by atoms with Crippen LogP contribution in [0.3, 0.4) is 0 Å². The van der Waals surface area contributed by atoms with E-state index in [1.807, 2.05) is 5.51 Å². The summed E-state index contributed by atoms with van der Waals surface area (Å²) in [5.74, 6) is -0.0106. The highest BCUT2D eigenvalue weighted by Crippen LogP contribution is 2.13. The van der Waals surface area contributed by atoms with Crippen molar-refractivity contribution in [2.24, 2.45) is 0 Å². The molecule has 1 aromatic rings. The van der Waals surface area contributed by atoms with Crippen LogP contribution in [0.15, 0.2) is 10.9 Å². The summed E-state index contributed by atoms with van der Waals surface area (Å²) >= 11 is 7.10. The topological polar surface area (TPSA) is 45.2 Å². The van der Waals surface area contributed by atoms with Crippen LogP contribution < -0.4 is 5.32 Å². The van der Waals surface area contributed by atoms with Crippen molar-refractivity contribution in [2.75, 3.05) is 19.0 Å². The highest BCUT2D eigenvalue weighted by atomic mass is 35.5. The largest absolute Gasteiger partial charge is 0.352 e. The molecule has 2 rings (SSSR count). The molecule has 0 saturated carbocycles. The Morgan fingerprint density at radius 3 is 2.83 bits per heavy atom. The highest BCUT2D eigenvalue weighted by Gasteiger charge is 2.20. The first kappa shape index (κ1) is 15.7. The number of carbonyl (C=O) groups is 1. The summed E-state index contributed by atoms with van der Waals surface area (Å²) in [5.41, 5.74) is 3.00. The highest BCUT2D eigenvalue weighted by molar-refractivity contribution is 7.07. The minimum atomic E-state index is -0.0652. The lowest BCUT2D eigenvalue weighted by Gasteiger charge is -2.31. The minimum absolute atomic E-state index is 0. The molecule has 1 amide bonds. The molecule has 0 bridgehead atoms. The van der Waals surface area contributed by atoms with Crippen LogP contribution in [0, 0.1) is 0 Å². The molecule has 1 aromatic heterocycles. The van der Waals surface area contributed by atoms with E-state index in [1.165, 1.54) is 0 Å². The summed E-state index contributed by atoms with van der Waals surface area (Å²) in [6.07, 6.45) is 1.99. The maximum Gasteiger partial charge on any atom is 0.235 e. The van der Waals surface area contributed by atoms with Gasteiger partial charge in [0, 0.05) is 31.1 Å². The normalized spacial score (nSPS) is 17.2. The first-order chi connectivity index (χ1) is 8.28. The standard InChI is InChI=1S/C11H16ClN3OS.ClH/c12-5-11(16)14-9-1-3-15(4-2-9)6-10-7-17-8-13-10;/h7-9H,1-6H2,(H,14,16);1H. The molecule has 2 heterocycles. The molecule has 0 unspecified atom stereocenters. The van der Waals surface area contributed by atoms with Crippen LogP contribution in [-0.2, 0) is 11.3 Å². The van der Waals surface area contributed by atoms with Crippen molar-refractivity contribution in [2.45, 2.75) is 25.4 Å². The fourth-order valence-corrected chi connectivity index (χ4v) is 2.67. The van der Waals surface area contributed by atoms with E-state index < -0.39 is 0 Å². The molecule has 1 aliphatic heterocycles. The Bertz CT molecular complexity index is 353. The molecule has 1 aliphatic rings. The van der Waals surface area contributed by atoms with Gasteiger partial charge in [-0.2, -0.15) is 0 Å². The summed E-state index contributed by atoms with van der Waals surface area (Å²) in [6, 6.07) is 0.285. The number of amides is 1. The number of hydrogen-bond donors (Lipinski definition) is 1. The monoisotopic (exact) mass is 309 g/mol. The summed E-state index contributed by atoms with van der Waals surface area (Å²) < 4.78 is 0. The van der Waals surface area contributed by atoms with Gasteiger partial charge in [0.2, 0.25) is 5.91 Å². The first-order valence-corrected chi connectivity index (χ1v) is 7.20. The maximum atomic E-state index is 11.2. The van der Waals surface area contributed by atoms with Gasteiger partial charge >= 0.3 is 0 Å². The Balaban J connectivity index is 0.00000162. The van der Waals surface area contributed by atoms with E-state index >= 15 is 0 Å². The van der Waals surface area contributed by atoms with Crippen molar-refractivity contribution < 1.29 is 4.79 Å². The van der Waals surface area contributed by atoms with E-state index in [9.17, 15) is 4.79 Å². The zero-order chi connectivity index (χ0) is 12.1. The molecular formula is C11H17Cl2N3OS. The summed E-state index contributed by atoms with van der Waals surface area (Å²) in [7, 11) is 0. The van der Waals surface area contributed by atoms with Gasteiger partial charge in [0.15, 0.2) is 0 Å². The SMILES string of the molecule is Cl.O=C(CCl)NC1CCN(Cc2cscn2)CC1. The lowest BCUT2D eigenvalue weighted by molar-refractivity contribution is -0.119. The number of likely N-dealkylation sites (tertiary alicyclic amines) is 1. The Morgan fingerprint density at radius 1 is 1.56 bits per heavy atom. The van der Waals surface area contributed by atoms with Gasteiger partial charge < -0.3 is 5.32 Å². The fourth-order valence-electron chi connectivity index (χ4n) is 2.05. The molecule has 4 nitrogen and oxygen atoms in total. The molecule has 0 radical (unpaired) electrons. The van der Waals surface area contributed by atoms with Crippen molar-refractivity contribution in [3.63, 3.8) is 0 Å². The molecule has 18 heavy (non-hydrogen) atoms. The zero-order valence-electron chi connectivity index (χ0n) is 9.97. The van der Waals surface area contributed by atoms with Crippen LogP contribution in [0.2, 0.25) is 0 Å². The van der Waals surface area contributed by atoms with Crippen LogP contribution >= 0.6 is 35.3 Å².